The van der Waals surface area contributed by atoms with Crippen molar-refractivity contribution in [1.82, 2.24) is 29.7 Å². The number of H-pyrrole nitrogens is 1. The molecule has 1 fully saturated rings. The predicted octanol–water partition coefficient (Wildman–Crippen LogP) is 6.47. The number of guanidine groups is 1. The first-order valence-corrected chi connectivity index (χ1v) is 22.4. The standard InChI is InChI=1S/C49H62N8O12/c1-29(2)40(59)53-44-52-39-36(41(60)54-44)51-28-57(39)42-38(65-26-14-25-56(46(62)69-48(6,7)8)43(50)55-45(61)68-47(3,4)5)37(58)35(67-42)27-66-49(30-15-12-11-13-16-30,31-17-21-33(63-9)22-18-31)32-19-23-34(64-10)24-20-32/h11-13,15-24,28-29,35,37-38,42,58H,14,25-27H2,1-10H3,(H2,50,55,61)(H2,52,53,54,59,60)/t35-,37-,38-,42-/m1/s1. The highest BCUT2D eigenvalue weighted by Gasteiger charge is 2.48. The molecular formula is C49H62N8O12. The molecular weight excluding hydrogens is 893 g/mol. The van der Waals surface area contributed by atoms with Gasteiger partial charge in [0.15, 0.2) is 17.4 Å². The lowest BCUT2D eigenvalue weighted by molar-refractivity contribution is -0.118. The smallest absolute Gasteiger partial charge is 0.417 e. The van der Waals surface area contributed by atoms with Crippen LogP contribution in [0.2, 0.25) is 0 Å². The van der Waals surface area contributed by atoms with Gasteiger partial charge >= 0.3 is 12.2 Å². The minimum atomic E-state index is -1.40. The highest BCUT2D eigenvalue weighted by Crippen LogP contribution is 2.43. The van der Waals surface area contributed by atoms with Gasteiger partial charge in [0.2, 0.25) is 17.8 Å². The second kappa shape index (κ2) is 21.6. The van der Waals surface area contributed by atoms with E-state index in [4.69, 9.17) is 38.6 Å². The van der Waals surface area contributed by atoms with Gasteiger partial charge < -0.3 is 38.3 Å². The number of rotatable bonds is 16. The van der Waals surface area contributed by atoms with Crippen LogP contribution in [0.1, 0.15) is 84.7 Å². The fourth-order valence-corrected chi connectivity index (χ4v) is 7.50. The molecule has 0 spiro atoms. The van der Waals surface area contributed by atoms with Crippen LogP contribution in [0.15, 0.2) is 90.0 Å². The van der Waals surface area contributed by atoms with Crippen LogP contribution in [-0.4, -0.2) is 117 Å². The highest BCUT2D eigenvalue weighted by atomic mass is 16.6. The predicted molar refractivity (Wildman–Crippen MR) is 254 cm³/mol. The zero-order chi connectivity index (χ0) is 50.3. The maximum Gasteiger partial charge on any atom is 0.417 e. The van der Waals surface area contributed by atoms with Crippen LogP contribution in [0.4, 0.5) is 15.5 Å². The summed E-state index contributed by atoms with van der Waals surface area (Å²) in [4.78, 5) is 64.4. The van der Waals surface area contributed by atoms with Gasteiger partial charge in [-0.1, -0.05) is 68.4 Å². The van der Waals surface area contributed by atoms with Crippen LogP contribution in [0.3, 0.4) is 0 Å². The Labute approximate surface area is 400 Å². The maximum atomic E-state index is 13.4. The van der Waals surface area contributed by atoms with E-state index >= 15 is 0 Å². The van der Waals surface area contributed by atoms with Crippen molar-refractivity contribution >= 4 is 41.2 Å². The molecule has 2 aromatic heterocycles. The molecule has 3 heterocycles. The monoisotopic (exact) mass is 954 g/mol. The van der Waals surface area contributed by atoms with Gasteiger partial charge in [0.1, 0.15) is 46.6 Å². The Morgan fingerprint density at radius 1 is 0.884 bits per heavy atom. The molecule has 5 aromatic rings. The first-order chi connectivity index (χ1) is 32.6. The molecule has 6 rings (SSSR count). The molecule has 3 amide bonds. The molecule has 0 bridgehead atoms. The molecule has 5 N–H and O–H groups in total. The zero-order valence-corrected chi connectivity index (χ0v) is 40.5. The summed E-state index contributed by atoms with van der Waals surface area (Å²) >= 11 is 0. The summed E-state index contributed by atoms with van der Waals surface area (Å²) in [5, 5.41) is 25.8. The molecule has 0 unspecified atom stereocenters. The van der Waals surface area contributed by atoms with Crippen LogP contribution in [0.5, 0.6) is 11.5 Å². The number of hydrogen-bond donors (Lipinski definition) is 5. The number of aliphatic hydroxyl groups excluding tert-OH is 1. The summed E-state index contributed by atoms with van der Waals surface area (Å²) in [5.41, 5.74) is -1.55. The number of hydrogen-bond acceptors (Lipinski definition) is 15. The molecule has 0 radical (unpaired) electrons. The first-order valence-electron chi connectivity index (χ1n) is 22.4. The van der Waals surface area contributed by atoms with Crippen molar-refractivity contribution in [3.8, 4) is 11.5 Å². The van der Waals surface area contributed by atoms with Crippen molar-refractivity contribution in [3.63, 3.8) is 0 Å². The minimum absolute atomic E-state index is 0.0260. The lowest BCUT2D eigenvalue weighted by Crippen LogP contribution is -2.50. The number of carbonyl (C=O) groups excluding carboxylic acids is 3. The SMILES string of the molecule is COc1ccc(C(OC[C@H]2O[C@@H](n3cnc4c(=O)[nH]c(NC(=O)C(C)C)nc43)[C@H](OCCCN(C(=N)NC(=O)OC(C)(C)C)C(=O)OC(C)(C)C)[C@@H]2O)(c2ccccc2)c2ccc(OC)cc2)cc1. The molecule has 4 atom stereocenters. The van der Waals surface area contributed by atoms with Crippen molar-refractivity contribution in [3.05, 3.63) is 112 Å². The number of amides is 3. The van der Waals surface area contributed by atoms with Crippen molar-refractivity contribution in [2.45, 2.75) is 103 Å². The molecule has 20 heteroatoms. The van der Waals surface area contributed by atoms with Crippen LogP contribution < -0.4 is 25.7 Å². The lowest BCUT2D eigenvalue weighted by Gasteiger charge is -2.37. The third-order valence-electron chi connectivity index (χ3n) is 10.8. The molecule has 69 heavy (non-hydrogen) atoms. The number of nitrogens with zero attached hydrogens (tertiary/aromatic N) is 4. The highest BCUT2D eigenvalue weighted by molar-refractivity contribution is 5.99. The fourth-order valence-electron chi connectivity index (χ4n) is 7.50. The second-order valence-corrected chi connectivity index (χ2v) is 18.5. The van der Waals surface area contributed by atoms with E-state index in [2.05, 4.69) is 25.6 Å². The summed E-state index contributed by atoms with van der Waals surface area (Å²) in [6.45, 7) is 12.9. The topological polar surface area (TPSA) is 251 Å². The molecule has 1 aliphatic rings. The van der Waals surface area contributed by atoms with Crippen LogP contribution in [0.25, 0.3) is 11.2 Å². The van der Waals surface area contributed by atoms with Gasteiger partial charge in [-0.05, 0) is 88.9 Å². The van der Waals surface area contributed by atoms with Crippen molar-refractivity contribution in [1.29, 1.82) is 5.41 Å². The van der Waals surface area contributed by atoms with Gasteiger partial charge in [-0.2, -0.15) is 4.98 Å². The van der Waals surface area contributed by atoms with E-state index in [-0.39, 0.29) is 49.2 Å². The number of carbonyl (C=O) groups is 3. The Bertz CT molecular complexity index is 2570. The van der Waals surface area contributed by atoms with Gasteiger partial charge in [0.05, 0.1) is 27.2 Å². The van der Waals surface area contributed by atoms with Gasteiger partial charge in [-0.15, -0.1) is 0 Å². The largest absolute Gasteiger partial charge is 0.497 e. The number of imidazole rings is 1. The van der Waals surface area contributed by atoms with Gasteiger partial charge in [-0.3, -0.25) is 35.2 Å². The van der Waals surface area contributed by atoms with E-state index < -0.39 is 71.0 Å². The van der Waals surface area contributed by atoms with E-state index in [1.54, 1.807) is 69.6 Å². The van der Waals surface area contributed by atoms with Gasteiger partial charge in [-0.25, -0.2) is 19.5 Å². The third-order valence-corrected chi connectivity index (χ3v) is 10.8. The Hall–Kier alpha value is -6.87. The lowest BCUT2D eigenvalue weighted by atomic mass is 9.80. The van der Waals surface area contributed by atoms with E-state index in [0.29, 0.717) is 11.5 Å². The van der Waals surface area contributed by atoms with Crippen molar-refractivity contribution in [2.24, 2.45) is 5.92 Å². The minimum Gasteiger partial charge on any atom is -0.497 e. The number of ether oxygens (including phenoxy) is 7. The second-order valence-electron chi connectivity index (χ2n) is 18.5. The van der Waals surface area contributed by atoms with Gasteiger partial charge in [0.25, 0.3) is 5.56 Å². The number of aromatic amines is 1. The number of alkyl carbamates (subject to hydrolysis) is 1. The molecule has 20 nitrogen and oxygen atoms in total. The van der Waals surface area contributed by atoms with Crippen LogP contribution in [-0.2, 0) is 34.1 Å². The number of aliphatic hydroxyl groups is 1. The normalized spacial score (nSPS) is 17.3. The Morgan fingerprint density at radius 3 is 2.01 bits per heavy atom. The quantitative estimate of drug-likeness (QED) is 0.0308. The zero-order valence-electron chi connectivity index (χ0n) is 40.5. The van der Waals surface area contributed by atoms with E-state index in [0.717, 1.165) is 21.6 Å². The average Bonchev–Trinajstić information content (AvgIpc) is 3.85. The Kier molecular flexibility index (Phi) is 16.1. The average molecular weight is 955 g/mol. The van der Waals surface area contributed by atoms with Crippen LogP contribution >= 0.6 is 0 Å². The summed E-state index contributed by atoms with van der Waals surface area (Å²) in [6.07, 6.45) is -5.32. The van der Waals surface area contributed by atoms with Crippen molar-refractivity contribution in [2.75, 3.05) is 39.3 Å². The molecule has 370 valence electrons. The molecule has 1 aliphatic heterocycles. The molecule has 0 saturated carbocycles. The molecule has 3 aromatic carbocycles. The Morgan fingerprint density at radius 2 is 1.46 bits per heavy atom. The van der Waals surface area contributed by atoms with Crippen LogP contribution in [0, 0.1) is 11.3 Å². The van der Waals surface area contributed by atoms with E-state index in [1.165, 1.54) is 10.9 Å². The number of anilines is 1. The van der Waals surface area contributed by atoms with Gasteiger partial charge in [0, 0.05) is 19.1 Å². The van der Waals surface area contributed by atoms with E-state index in [1.807, 2.05) is 78.9 Å². The third kappa shape index (κ3) is 12.4. The number of aromatic nitrogens is 4. The molecule has 0 aliphatic carbocycles. The first kappa shape index (κ1) is 51.5. The summed E-state index contributed by atoms with van der Waals surface area (Å²) < 4.78 is 43.5. The van der Waals surface area contributed by atoms with E-state index in [9.17, 15) is 24.3 Å². The summed E-state index contributed by atoms with van der Waals surface area (Å²) in [7, 11) is 3.16. The number of methoxy groups -OCH3 is 2. The molecule has 1 saturated heterocycles. The van der Waals surface area contributed by atoms with Crippen molar-refractivity contribution < 1.29 is 52.6 Å². The Balaban J connectivity index is 1.35. The maximum absolute atomic E-state index is 13.4. The summed E-state index contributed by atoms with van der Waals surface area (Å²) in [5.74, 6) is -0.269. The fraction of sp³-hybridized carbons (Fsp3) is 0.449. The summed E-state index contributed by atoms with van der Waals surface area (Å²) in [6, 6.07) is 24.5. The number of benzene rings is 3. The number of fused-ring (bicyclic) bond motifs is 1. The number of nitrogens with one attached hydrogen (secondary N) is 4.